The number of amides is 1. The molecule has 0 radical (unpaired) electrons. The standard InChI is InChI=1S/C12H24N2O2/c1-11(2,3)16-8-10(15)14-9-12(4-5-12)6-7-13/h4-9,13H2,1-3H3,(H,14,15). The number of carbonyl (C=O) groups is 1. The van der Waals surface area contributed by atoms with Crippen molar-refractivity contribution in [2.75, 3.05) is 19.7 Å². The molecule has 0 aromatic rings. The topological polar surface area (TPSA) is 64.3 Å². The van der Waals surface area contributed by atoms with Crippen LogP contribution in [0.25, 0.3) is 0 Å². The summed E-state index contributed by atoms with van der Waals surface area (Å²) in [5.74, 6) is -0.0294. The fraction of sp³-hybridized carbons (Fsp3) is 0.917. The van der Waals surface area contributed by atoms with Crippen LogP contribution in [0.5, 0.6) is 0 Å². The molecular formula is C12H24N2O2. The lowest BCUT2D eigenvalue weighted by atomic mass is 10.0. The van der Waals surface area contributed by atoms with E-state index in [4.69, 9.17) is 10.5 Å². The first-order chi connectivity index (χ1) is 7.37. The normalized spacial score (nSPS) is 18.2. The first kappa shape index (κ1) is 13.5. The Kier molecular flexibility index (Phi) is 4.33. The predicted molar refractivity (Wildman–Crippen MR) is 64.1 cm³/mol. The molecule has 1 amide bonds. The lowest BCUT2D eigenvalue weighted by Crippen LogP contribution is -2.36. The van der Waals surface area contributed by atoms with Gasteiger partial charge in [0.2, 0.25) is 5.91 Å². The molecule has 94 valence electrons. The maximum absolute atomic E-state index is 11.5. The average Bonchev–Trinajstić information content (AvgIpc) is 2.92. The van der Waals surface area contributed by atoms with Crippen LogP contribution in [0.1, 0.15) is 40.0 Å². The largest absolute Gasteiger partial charge is 0.366 e. The van der Waals surface area contributed by atoms with E-state index in [9.17, 15) is 4.79 Å². The third-order valence-electron chi connectivity index (χ3n) is 2.93. The molecule has 1 fully saturated rings. The summed E-state index contributed by atoms with van der Waals surface area (Å²) >= 11 is 0. The minimum absolute atomic E-state index is 0.0294. The SMILES string of the molecule is CC(C)(C)OCC(=O)NCC1(CCN)CC1. The Morgan fingerprint density at radius 3 is 2.50 bits per heavy atom. The first-order valence-corrected chi connectivity index (χ1v) is 5.98. The first-order valence-electron chi connectivity index (χ1n) is 5.98. The molecule has 16 heavy (non-hydrogen) atoms. The van der Waals surface area contributed by atoms with Gasteiger partial charge in [-0.2, -0.15) is 0 Å². The Hall–Kier alpha value is -0.610. The van der Waals surface area contributed by atoms with E-state index in [1.807, 2.05) is 20.8 Å². The molecule has 0 aromatic carbocycles. The molecule has 0 spiro atoms. The molecule has 1 aliphatic rings. The molecule has 0 saturated heterocycles. The van der Waals surface area contributed by atoms with Crippen LogP contribution in [0.4, 0.5) is 0 Å². The molecule has 1 rings (SSSR count). The second-order valence-corrected chi connectivity index (χ2v) is 5.72. The quantitative estimate of drug-likeness (QED) is 0.714. The minimum atomic E-state index is -0.258. The van der Waals surface area contributed by atoms with Crippen LogP contribution >= 0.6 is 0 Å². The fourth-order valence-corrected chi connectivity index (χ4v) is 1.62. The number of carbonyl (C=O) groups excluding carboxylic acids is 1. The van der Waals surface area contributed by atoms with E-state index in [2.05, 4.69) is 5.32 Å². The maximum atomic E-state index is 11.5. The average molecular weight is 228 g/mol. The summed E-state index contributed by atoms with van der Waals surface area (Å²) in [6.07, 6.45) is 3.38. The monoisotopic (exact) mass is 228 g/mol. The van der Waals surface area contributed by atoms with Crippen LogP contribution in [0.2, 0.25) is 0 Å². The number of ether oxygens (including phenoxy) is 1. The van der Waals surface area contributed by atoms with Crippen LogP contribution in [0, 0.1) is 5.41 Å². The molecule has 0 heterocycles. The lowest BCUT2D eigenvalue weighted by molar-refractivity contribution is -0.130. The van der Waals surface area contributed by atoms with Gasteiger partial charge in [-0.1, -0.05) is 0 Å². The van der Waals surface area contributed by atoms with Gasteiger partial charge < -0.3 is 15.8 Å². The zero-order valence-corrected chi connectivity index (χ0v) is 10.6. The van der Waals surface area contributed by atoms with Gasteiger partial charge in [0.1, 0.15) is 6.61 Å². The van der Waals surface area contributed by atoms with E-state index < -0.39 is 0 Å². The van der Waals surface area contributed by atoms with Gasteiger partial charge in [0.15, 0.2) is 0 Å². The highest BCUT2D eigenvalue weighted by molar-refractivity contribution is 5.77. The summed E-state index contributed by atoms with van der Waals surface area (Å²) < 4.78 is 5.40. The molecule has 4 nitrogen and oxygen atoms in total. The summed E-state index contributed by atoms with van der Waals surface area (Å²) in [7, 11) is 0. The molecule has 0 bridgehead atoms. The van der Waals surface area contributed by atoms with Crippen molar-refractivity contribution < 1.29 is 9.53 Å². The molecule has 0 aliphatic heterocycles. The highest BCUT2D eigenvalue weighted by Gasteiger charge is 2.41. The summed E-state index contributed by atoms with van der Waals surface area (Å²) in [6, 6.07) is 0. The Labute approximate surface area is 97.9 Å². The third kappa shape index (κ3) is 4.94. The van der Waals surface area contributed by atoms with Crippen molar-refractivity contribution >= 4 is 5.91 Å². The maximum Gasteiger partial charge on any atom is 0.246 e. The third-order valence-corrected chi connectivity index (χ3v) is 2.93. The molecule has 1 aliphatic carbocycles. The van der Waals surface area contributed by atoms with Gasteiger partial charge in [-0.15, -0.1) is 0 Å². The van der Waals surface area contributed by atoms with E-state index >= 15 is 0 Å². The molecular weight excluding hydrogens is 204 g/mol. The minimum Gasteiger partial charge on any atom is -0.366 e. The zero-order valence-electron chi connectivity index (χ0n) is 10.6. The number of rotatable bonds is 6. The van der Waals surface area contributed by atoms with Gasteiger partial charge in [-0.3, -0.25) is 4.79 Å². The van der Waals surface area contributed by atoms with Gasteiger partial charge >= 0.3 is 0 Å². The summed E-state index contributed by atoms with van der Waals surface area (Å²) in [5.41, 5.74) is 5.58. The molecule has 0 atom stereocenters. The second-order valence-electron chi connectivity index (χ2n) is 5.72. The van der Waals surface area contributed by atoms with Crippen molar-refractivity contribution in [2.24, 2.45) is 11.1 Å². The lowest BCUT2D eigenvalue weighted by Gasteiger charge is -2.20. The van der Waals surface area contributed by atoms with Crippen molar-refractivity contribution in [2.45, 2.75) is 45.6 Å². The smallest absolute Gasteiger partial charge is 0.246 e. The van der Waals surface area contributed by atoms with Gasteiger partial charge in [0, 0.05) is 6.54 Å². The van der Waals surface area contributed by atoms with Crippen LogP contribution in [-0.4, -0.2) is 31.2 Å². The van der Waals surface area contributed by atoms with Crippen molar-refractivity contribution in [3.63, 3.8) is 0 Å². The Bertz CT molecular complexity index is 242. The van der Waals surface area contributed by atoms with E-state index in [0.717, 1.165) is 13.0 Å². The van der Waals surface area contributed by atoms with Gasteiger partial charge in [0.05, 0.1) is 5.60 Å². The Morgan fingerprint density at radius 2 is 2.06 bits per heavy atom. The van der Waals surface area contributed by atoms with E-state index in [-0.39, 0.29) is 18.1 Å². The van der Waals surface area contributed by atoms with Crippen LogP contribution in [-0.2, 0) is 9.53 Å². The summed E-state index contributed by atoms with van der Waals surface area (Å²) in [5, 5.41) is 2.92. The highest BCUT2D eigenvalue weighted by atomic mass is 16.5. The fourth-order valence-electron chi connectivity index (χ4n) is 1.62. The van der Waals surface area contributed by atoms with E-state index in [0.29, 0.717) is 12.0 Å². The van der Waals surface area contributed by atoms with Crippen molar-refractivity contribution in [3.05, 3.63) is 0 Å². The summed E-state index contributed by atoms with van der Waals surface area (Å²) in [6.45, 7) is 7.42. The zero-order chi connectivity index (χ0) is 12.2. The second kappa shape index (κ2) is 5.15. The predicted octanol–water partition coefficient (Wildman–Crippen LogP) is 1.05. The molecule has 1 saturated carbocycles. The number of hydrogen-bond donors (Lipinski definition) is 2. The molecule has 4 heteroatoms. The highest BCUT2D eigenvalue weighted by Crippen LogP contribution is 2.47. The van der Waals surface area contributed by atoms with Gasteiger partial charge in [0.25, 0.3) is 0 Å². The van der Waals surface area contributed by atoms with E-state index in [1.165, 1.54) is 12.8 Å². The molecule has 0 unspecified atom stereocenters. The van der Waals surface area contributed by atoms with Crippen LogP contribution < -0.4 is 11.1 Å². The number of hydrogen-bond acceptors (Lipinski definition) is 3. The van der Waals surface area contributed by atoms with Crippen molar-refractivity contribution in [1.82, 2.24) is 5.32 Å². The molecule has 3 N–H and O–H groups in total. The number of nitrogens with one attached hydrogen (secondary N) is 1. The Morgan fingerprint density at radius 1 is 1.44 bits per heavy atom. The summed E-state index contributed by atoms with van der Waals surface area (Å²) in [4.78, 5) is 11.5. The molecule has 0 aromatic heterocycles. The van der Waals surface area contributed by atoms with Crippen LogP contribution in [0.3, 0.4) is 0 Å². The van der Waals surface area contributed by atoms with Crippen molar-refractivity contribution in [1.29, 1.82) is 0 Å². The van der Waals surface area contributed by atoms with Gasteiger partial charge in [-0.05, 0) is 52.0 Å². The number of nitrogens with two attached hydrogens (primary N) is 1. The van der Waals surface area contributed by atoms with Crippen LogP contribution in [0.15, 0.2) is 0 Å². The van der Waals surface area contributed by atoms with Crippen molar-refractivity contribution in [3.8, 4) is 0 Å². The van der Waals surface area contributed by atoms with E-state index in [1.54, 1.807) is 0 Å². The van der Waals surface area contributed by atoms with Gasteiger partial charge in [-0.25, -0.2) is 0 Å². The Balaban J connectivity index is 2.16.